The van der Waals surface area contributed by atoms with Gasteiger partial charge in [-0.05, 0) is 33.6 Å². The molecule has 3 nitrogen and oxygen atoms in total. The molecular formula is C9H8BrN3S. The zero-order valence-electron chi connectivity index (χ0n) is 7.27. The fourth-order valence-corrected chi connectivity index (χ4v) is 2.45. The standard InChI is InChI=1S/C9H8BrN3S/c10-8-7(13-9(11)14-8)5-6-1-3-12-4-2-6/h1-4H,5H2,(H2,11,13). The first-order valence-corrected chi connectivity index (χ1v) is 5.66. The zero-order valence-corrected chi connectivity index (χ0v) is 9.68. The molecule has 0 saturated heterocycles. The Morgan fingerprint density at radius 3 is 2.64 bits per heavy atom. The first-order chi connectivity index (χ1) is 6.75. The number of hydrogen-bond acceptors (Lipinski definition) is 4. The van der Waals surface area contributed by atoms with Gasteiger partial charge in [-0.15, -0.1) is 0 Å². The number of anilines is 1. The average molecular weight is 270 g/mol. The minimum atomic E-state index is 0.598. The highest BCUT2D eigenvalue weighted by Crippen LogP contribution is 2.27. The Balaban J connectivity index is 2.23. The Hall–Kier alpha value is -0.940. The number of halogens is 1. The van der Waals surface area contributed by atoms with Gasteiger partial charge in [-0.3, -0.25) is 4.98 Å². The van der Waals surface area contributed by atoms with Gasteiger partial charge in [0, 0.05) is 18.8 Å². The molecule has 0 fully saturated rings. The molecule has 2 N–H and O–H groups in total. The Labute approximate surface area is 94.1 Å². The van der Waals surface area contributed by atoms with Crippen LogP contribution in [0.3, 0.4) is 0 Å². The molecule has 0 radical (unpaired) electrons. The summed E-state index contributed by atoms with van der Waals surface area (Å²) >= 11 is 4.89. The minimum Gasteiger partial charge on any atom is -0.375 e. The fourth-order valence-electron chi connectivity index (χ4n) is 1.15. The van der Waals surface area contributed by atoms with E-state index < -0.39 is 0 Å². The molecule has 0 saturated carbocycles. The van der Waals surface area contributed by atoms with Crippen molar-refractivity contribution in [2.45, 2.75) is 6.42 Å². The fraction of sp³-hybridized carbons (Fsp3) is 0.111. The lowest BCUT2D eigenvalue weighted by molar-refractivity contribution is 1.09. The van der Waals surface area contributed by atoms with Crippen molar-refractivity contribution in [2.75, 3.05) is 5.73 Å². The van der Waals surface area contributed by atoms with Crippen LogP contribution < -0.4 is 5.73 Å². The van der Waals surface area contributed by atoms with Gasteiger partial charge in [0.1, 0.15) is 0 Å². The molecule has 2 heterocycles. The normalized spacial score (nSPS) is 10.4. The predicted molar refractivity (Wildman–Crippen MR) is 61.3 cm³/mol. The van der Waals surface area contributed by atoms with E-state index in [2.05, 4.69) is 25.9 Å². The van der Waals surface area contributed by atoms with E-state index >= 15 is 0 Å². The van der Waals surface area contributed by atoms with Crippen molar-refractivity contribution in [3.05, 3.63) is 39.6 Å². The van der Waals surface area contributed by atoms with E-state index in [1.54, 1.807) is 12.4 Å². The molecule has 0 atom stereocenters. The molecule has 72 valence electrons. The molecule has 0 aliphatic rings. The molecule has 0 bridgehead atoms. The van der Waals surface area contributed by atoms with E-state index in [9.17, 15) is 0 Å². The second-order valence-electron chi connectivity index (χ2n) is 2.80. The minimum absolute atomic E-state index is 0.598. The summed E-state index contributed by atoms with van der Waals surface area (Å²) in [5.41, 5.74) is 7.77. The molecule has 14 heavy (non-hydrogen) atoms. The van der Waals surface area contributed by atoms with Crippen molar-refractivity contribution < 1.29 is 0 Å². The molecule has 0 aromatic carbocycles. The molecule has 0 spiro atoms. The van der Waals surface area contributed by atoms with Gasteiger partial charge in [-0.2, -0.15) is 0 Å². The van der Waals surface area contributed by atoms with Crippen LogP contribution in [0.1, 0.15) is 11.3 Å². The van der Waals surface area contributed by atoms with Crippen LogP contribution in [0.5, 0.6) is 0 Å². The molecule has 0 amide bonds. The van der Waals surface area contributed by atoms with Crippen LogP contribution >= 0.6 is 27.3 Å². The lowest BCUT2D eigenvalue weighted by atomic mass is 10.2. The summed E-state index contributed by atoms with van der Waals surface area (Å²) in [7, 11) is 0. The van der Waals surface area contributed by atoms with Gasteiger partial charge in [0.15, 0.2) is 5.13 Å². The van der Waals surface area contributed by atoms with Crippen molar-refractivity contribution in [1.82, 2.24) is 9.97 Å². The molecule has 0 aliphatic heterocycles. The Bertz CT molecular complexity index is 427. The lowest BCUT2D eigenvalue weighted by Crippen LogP contribution is -1.90. The smallest absolute Gasteiger partial charge is 0.181 e. The molecular weight excluding hydrogens is 262 g/mol. The van der Waals surface area contributed by atoms with Crippen molar-refractivity contribution in [2.24, 2.45) is 0 Å². The molecule has 2 rings (SSSR count). The summed E-state index contributed by atoms with van der Waals surface area (Å²) in [6.45, 7) is 0. The van der Waals surface area contributed by atoms with E-state index in [0.29, 0.717) is 5.13 Å². The van der Waals surface area contributed by atoms with Gasteiger partial charge in [-0.1, -0.05) is 11.3 Å². The number of nitrogens with zero attached hydrogens (tertiary/aromatic N) is 2. The summed E-state index contributed by atoms with van der Waals surface area (Å²) in [6, 6.07) is 3.95. The van der Waals surface area contributed by atoms with Crippen LogP contribution in [0.2, 0.25) is 0 Å². The van der Waals surface area contributed by atoms with Crippen LogP contribution in [0.4, 0.5) is 5.13 Å². The first kappa shape index (κ1) is 9.61. The molecule has 2 aromatic heterocycles. The van der Waals surface area contributed by atoms with Crippen molar-refractivity contribution in [3.8, 4) is 0 Å². The largest absolute Gasteiger partial charge is 0.375 e. The van der Waals surface area contributed by atoms with Crippen LogP contribution in [0.25, 0.3) is 0 Å². The highest BCUT2D eigenvalue weighted by atomic mass is 79.9. The molecule has 5 heteroatoms. The number of nitrogen functional groups attached to an aromatic ring is 1. The third-order valence-electron chi connectivity index (χ3n) is 1.79. The Morgan fingerprint density at radius 2 is 2.07 bits per heavy atom. The predicted octanol–water partition coefficient (Wildman–Crippen LogP) is 2.47. The number of aromatic nitrogens is 2. The molecule has 2 aromatic rings. The number of rotatable bonds is 2. The second kappa shape index (κ2) is 4.06. The lowest BCUT2D eigenvalue weighted by Gasteiger charge is -1.96. The summed E-state index contributed by atoms with van der Waals surface area (Å²) in [5.74, 6) is 0. The van der Waals surface area contributed by atoms with Gasteiger partial charge < -0.3 is 5.73 Å². The van der Waals surface area contributed by atoms with Crippen LogP contribution in [0, 0.1) is 0 Å². The third kappa shape index (κ3) is 2.10. The topological polar surface area (TPSA) is 51.8 Å². The van der Waals surface area contributed by atoms with Gasteiger partial charge >= 0.3 is 0 Å². The number of nitrogens with two attached hydrogens (primary N) is 1. The summed E-state index contributed by atoms with van der Waals surface area (Å²) in [5, 5.41) is 0.598. The molecule has 0 aliphatic carbocycles. The van der Waals surface area contributed by atoms with Gasteiger partial charge in [0.2, 0.25) is 0 Å². The maximum atomic E-state index is 5.60. The van der Waals surface area contributed by atoms with Crippen molar-refractivity contribution in [1.29, 1.82) is 0 Å². The Morgan fingerprint density at radius 1 is 1.36 bits per heavy atom. The van der Waals surface area contributed by atoms with Gasteiger partial charge in [0.05, 0.1) is 9.48 Å². The Kier molecular flexibility index (Phi) is 2.79. The van der Waals surface area contributed by atoms with Crippen LogP contribution in [-0.2, 0) is 6.42 Å². The number of hydrogen-bond donors (Lipinski definition) is 1. The first-order valence-electron chi connectivity index (χ1n) is 4.05. The average Bonchev–Trinajstić information content (AvgIpc) is 2.47. The van der Waals surface area contributed by atoms with Crippen LogP contribution in [0.15, 0.2) is 28.3 Å². The third-order valence-corrected chi connectivity index (χ3v) is 3.45. The summed E-state index contributed by atoms with van der Waals surface area (Å²) in [6.07, 6.45) is 4.34. The van der Waals surface area contributed by atoms with Crippen molar-refractivity contribution >= 4 is 32.4 Å². The van der Waals surface area contributed by atoms with Crippen molar-refractivity contribution in [3.63, 3.8) is 0 Å². The number of pyridine rings is 1. The zero-order chi connectivity index (χ0) is 9.97. The van der Waals surface area contributed by atoms with E-state index in [-0.39, 0.29) is 0 Å². The van der Waals surface area contributed by atoms with Crippen LogP contribution in [-0.4, -0.2) is 9.97 Å². The quantitative estimate of drug-likeness (QED) is 0.912. The second-order valence-corrected chi connectivity index (χ2v) is 5.15. The van der Waals surface area contributed by atoms with E-state index in [0.717, 1.165) is 15.9 Å². The number of thiazole rings is 1. The van der Waals surface area contributed by atoms with E-state index in [4.69, 9.17) is 5.73 Å². The van der Waals surface area contributed by atoms with E-state index in [1.165, 1.54) is 16.9 Å². The highest BCUT2D eigenvalue weighted by molar-refractivity contribution is 9.11. The highest BCUT2D eigenvalue weighted by Gasteiger charge is 2.06. The van der Waals surface area contributed by atoms with Gasteiger partial charge in [0.25, 0.3) is 0 Å². The van der Waals surface area contributed by atoms with Gasteiger partial charge in [-0.25, -0.2) is 4.98 Å². The molecule has 0 unspecified atom stereocenters. The summed E-state index contributed by atoms with van der Waals surface area (Å²) < 4.78 is 1.01. The van der Waals surface area contributed by atoms with E-state index in [1.807, 2.05) is 12.1 Å². The summed E-state index contributed by atoms with van der Waals surface area (Å²) in [4.78, 5) is 8.19. The maximum Gasteiger partial charge on any atom is 0.181 e. The maximum absolute atomic E-state index is 5.60. The monoisotopic (exact) mass is 269 g/mol. The SMILES string of the molecule is Nc1nc(Cc2ccncc2)c(Br)s1.